The fourth-order valence-electron chi connectivity index (χ4n) is 1.34. The molecule has 2 aromatic rings. The van der Waals surface area contributed by atoms with Crippen molar-refractivity contribution in [2.24, 2.45) is 0 Å². The van der Waals surface area contributed by atoms with Crippen molar-refractivity contribution >= 4 is 48.6 Å². The molecule has 6 heteroatoms. The molecule has 0 fully saturated rings. The summed E-state index contributed by atoms with van der Waals surface area (Å²) in [5.74, 6) is 0.303. The van der Waals surface area contributed by atoms with Crippen LogP contribution in [0.1, 0.15) is 0 Å². The first-order valence-corrected chi connectivity index (χ1v) is 8.21. The maximum Gasteiger partial charge on any atom is 0.340 e. The third kappa shape index (κ3) is 3.24. The highest BCUT2D eigenvalue weighted by Gasteiger charge is 2.19. The second kappa shape index (κ2) is 5.58. The molecule has 0 spiro atoms. The van der Waals surface area contributed by atoms with Crippen LogP contribution in [0.2, 0.25) is 0 Å². The normalized spacial score (nSPS) is 11.2. The van der Waals surface area contributed by atoms with Crippen molar-refractivity contribution in [2.45, 2.75) is 4.90 Å². The molecule has 2 rings (SSSR count). The van der Waals surface area contributed by atoms with Gasteiger partial charge in [-0.15, -0.1) is 0 Å². The largest absolute Gasteiger partial charge is 0.379 e. The smallest absolute Gasteiger partial charge is 0.340 e. The Hall–Kier alpha value is -0.600. The zero-order valence-electron chi connectivity index (χ0n) is 9.01. The maximum absolute atomic E-state index is 12.1. The van der Waals surface area contributed by atoms with Gasteiger partial charge < -0.3 is 4.18 Å². The van der Waals surface area contributed by atoms with Crippen LogP contribution in [-0.4, -0.2) is 8.42 Å². The van der Waals surface area contributed by atoms with Crippen molar-refractivity contribution in [3.63, 3.8) is 0 Å². The Morgan fingerprint density at radius 2 is 1.78 bits per heavy atom. The van der Waals surface area contributed by atoms with Gasteiger partial charge in [0, 0.05) is 8.04 Å². The molecule has 0 amide bonds. The predicted molar refractivity (Wildman–Crippen MR) is 81.1 cm³/mol. The summed E-state index contributed by atoms with van der Waals surface area (Å²) in [6.07, 6.45) is 0. The first-order valence-electron chi connectivity index (χ1n) is 4.93. The topological polar surface area (TPSA) is 43.4 Å². The quantitative estimate of drug-likeness (QED) is 0.540. The van der Waals surface area contributed by atoms with Gasteiger partial charge in [-0.2, -0.15) is 8.42 Å². The number of rotatable bonds is 3. The van der Waals surface area contributed by atoms with Crippen LogP contribution in [0.25, 0.3) is 0 Å². The van der Waals surface area contributed by atoms with Crippen LogP contribution >= 0.6 is 38.5 Å². The van der Waals surface area contributed by atoms with Crippen molar-refractivity contribution < 1.29 is 12.6 Å². The molecule has 3 nitrogen and oxygen atoms in total. The monoisotopic (exact) mass is 438 g/mol. The summed E-state index contributed by atoms with van der Waals surface area (Å²) >= 11 is 5.29. The highest BCUT2D eigenvalue weighted by molar-refractivity contribution is 14.1. The van der Waals surface area contributed by atoms with E-state index in [2.05, 4.69) is 38.5 Å². The minimum absolute atomic E-state index is 0.115. The van der Waals surface area contributed by atoms with Gasteiger partial charge in [0.15, 0.2) is 0 Å². The maximum atomic E-state index is 12.1. The van der Waals surface area contributed by atoms with Crippen molar-refractivity contribution in [3.05, 3.63) is 56.6 Å². The molecule has 0 saturated heterocycles. The zero-order valence-corrected chi connectivity index (χ0v) is 13.6. The zero-order chi connectivity index (χ0) is 13.2. The molecule has 2 aromatic carbocycles. The van der Waals surface area contributed by atoms with Gasteiger partial charge in [-0.3, -0.25) is 0 Å². The molecule has 94 valence electrons. The SMILES string of the molecule is O=S(=O)(Oc1cccc(I)c1)c1ccccc1Br. The molecule has 0 bridgehead atoms. The number of hydrogen-bond donors (Lipinski definition) is 0. The fraction of sp³-hybridized carbons (Fsp3) is 0. The summed E-state index contributed by atoms with van der Waals surface area (Å²) < 4.78 is 30.6. The van der Waals surface area contributed by atoms with Crippen LogP contribution in [-0.2, 0) is 10.1 Å². The van der Waals surface area contributed by atoms with E-state index in [9.17, 15) is 8.42 Å². The second-order valence-corrected chi connectivity index (χ2v) is 7.04. The Kier molecular flexibility index (Phi) is 4.29. The third-order valence-electron chi connectivity index (χ3n) is 2.11. The van der Waals surface area contributed by atoms with Crippen molar-refractivity contribution in [1.82, 2.24) is 0 Å². The highest BCUT2D eigenvalue weighted by atomic mass is 127. The van der Waals surface area contributed by atoms with E-state index in [1.165, 1.54) is 6.07 Å². The average Bonchev–Trinajstić information content (AvgIpc) is 2.28. The van der Waals surface area contributed by atoms with Crippen molar-refractivity contribution in [3.8, 4) is 5.75 Å². The number of hydrogen-bond acceptors (Lipinski definition) is 3. The minimum Gasteiger partial charge on any atom is -0.379 e. The van der Waals surface area contributed by atoms with Gasteiger partial charge in [0.25, 0.3) is 0 Å². The lowest BCUT2D eigenvalue weighted by molar-refractivity contribution is 0.485. The molecule has 0 radical (unpaired) electrons. The van der Waals surface area contributed by atoms with Gasteiger partial charge in [-0.25, -0.2) is 0 Å². The van der Waals surface area contributed by atoms with Crippen LogP contribution in [0.4, 0.5) is 0 Å². The minimum atomic E-state index is -3.81. The molecule has 0 aliphatic heterocycles. The molecular formula is C12H8BrIO3S. The van der Waals surface area contributed by atoms with Gasteiger partial charge in [0.05, 0.1) is 0 Å². The number of benzene rings is 2. The van der Waals surface area contributed by atoms with Crippen LogP contribution in [0, 0.1) is 3.57 Å². The molecule has 0 aliphatic rings. The molecule has 0 unspecified atom stereocenters. The highest BCUT2D eigenvalue weighted by Crippen LogP contribution is 2.25. The molecule has 0 aliphatic carbocycles. The Balaban J connectivity index is 2.37. The first kappa shape index (κ1) is 13.8. The number of halogens is 2. The average molecular weight is 439 g/mol. The van der Waals surface area contributed by atoms with Gasteiger partial charge >= 0.3 is 10.1 Å². The van der Waals surface area contributed by atoms with Gasteiger partial charge in [-0.05, 0) is 68.9 Å². The van der Waals surface area contributed by atoms with Crippen LogP contribution < -0.4 is 4.18 Å². The fourth-order valence-corrected chi connectivity index (χ4v) is 3.73. The van der Waals surface area contributed by atoms with Crippen molar-refractivity contribution in [2.75, 3.05) is 0 Å². The Morgan fingerprint density at radius 3 is 2.44 bits per heavy atom. The summed E-state index contributed by atoms with van der Waals surface area (Å²) in [5.41, 5.74) is 0. The molecular weight excluding hydrogens is 431 g/mol. The molecule has 0 heterocycles. The van der Waals surface area contributed by atoms with E-state index in [1.807, 2.05) is 6.07 Å². The molecule has 0 N–H and O–H groups in total. The van der Waals surface area contributed by atoms with E-state index in [1.54, 1.807) is 36.4 Å². The summed E-state index contributed by atoms with van der Waals surface area (Å²) in [7, 11) is -3.81. The lowest BCUT2D eigenvalue weighted by atomic mass is 10.3. The Bertz CT molecular complexity index is 671. The molecule has 0 aromatic heterocycles. The lowest BCUT2D eigenvalue weighted by Crippen LogP contribution is -2.10. The Labute approximate surface area is 128 Å². The van der Waals surface area contributed by atoms with E-state index in [0.29, 0.717) is 10.2 Å². The second-order valence-electron chi connectivity index (χ2n) is 3.43. The summed E-state index contributed by atoms with van der Waals surface area (Å²) in [4.78, 5) is 0.115. The van der Waals surface area contributed by atoms with Crippen LogP contribution in [0.3, 0.4) is 0 Å². The van der Waals surface area contributed by atoms with E-state index in [0.717, 1.165) is 3.57 Å². The third-order valence-corrected chi connectivity index (χ3v) is 5.04. The van der Waals surface area contributed by atoms with E-state index in [-0.39, 0.29) is 4.90 Å². The summed E-state index contributed by atoms with van der Waals surface area (Å²) in [5, 5.41) is 0. The van der Waals surface area contributed by atoms with Gasteiger partial charge in [0.1, 0.15) is 10.6 Å². The van der Waals surface area contributed by atoms with Crippen molar-refractivity contribution in [1.29, 1.82) is 0 Å². The predicted octanol–water partition coefficient (Wildman–Crippen LogP) is 3.82. The molecule has 0 saturated carbocycles. The Morgan fingerprint density at radius 1 is 1.06 bits per heavy atom. The first-order chi connectivity index (χ1) is 8.49. The van der Waals surface area contributed by atoms with Crippen LogP contribution in [0.5, 0.6) is 5.75 Å². The van der Waals surface area contributed by atoms with Gasteiger partial charge in [0.2, 0.25) is 0 Å². The molecule has 0 atom stereocenters. The van der Waals surface area contributed by atoms with E-state index in [4.69, 9.17) is 4.18 Å². The lowest BCUT2D eigenvalue weighted by Gasteiger charge is -2.08. The van der Waals surface area contributed by atoms with Crippen LogP contribution in [0.15, 0.2) is 57.9 Å². The van der Waals surface area contributed by atoms with E-state index < -0.39 is 10.1 Å². The van der Waals surface area contributed by atoms with E-state index >= 15 is 0 Å². The summed E-state index contributed by atoms with van der Waals surface area (Å²) in [6, 6.07) is 13.4. The van der Waals surface area contributed by atoms with Gasteiger partial charge in [-0.1, -0.05) is 18.2 Å². The molecule has 18 heavy (non-hydrogen) atoms. The summed E-state index contributed by atoms with van der Waals surface area (Å²) in [6.45, 7) is 0. The standard InChI is InChI=1S/C12H8BrIO3S/c13-11-6-1-2-7-12(11)18(15,16)17-10-5-3-4-9(14)8-10/h1-8H.